The number of carboxylic acids is 1. The molecule has 0 bridgehead atoms. The Labute approximate surface area is 163 Å². The third-order valence-electron chi connectivity index (χ3n) is 4.09. The molecule has 2 amide bonds. The number of aryl methyl sites for hydroxylation is 1. The number of fused-ring (bicyclic) bond motifs is 1. The average Bonchev–Trinajstić information content (AvgIpc) is 3.11. The lowest BCUT2D eigenvalue weighted by Gasteiger charge is -2.09. The Hall–Kier alpha value is -4.15. The van der Waals surface area contributed by atoms with Crippen molar-refractivity contribution in [2.24, 2.45) is 7.05 Å². The number of anilines is 1. The molecule has 2 heterocycles. The van der Waals surface area contributed by atoms with Gasteiger partial charge in [0.05, 0.1) is 5.69 Å². The number of aliphatic carboxylic acids is 1. The van der Waals surface area contributed by atoms with Crippen LogP contribution in [-0.2, 0) is 16.6 Å². The van der Waals surface area contributed by atoms with Crippen LogP contribution in [0.25, 0.3) is 16.8 Å². The molecule has 0 spiro atoms. The Morgan fingerprint density at radius 2 is 1.83 bits per heavy atom. The van der Waals surface area contributed by atoms with E-state index in [2.05, 4.69) is 15.7 Å². The van der Waals surface area contributed by atoms with Gasteiger partial charge in [-0.1, -0.05) is 12.1 Å². The first-order chi connectivity index (χ1) is 13.7. The predicted molar refractivity (Wildman–Crippen MR) is 102 cm³/mol. The van der Waals surface area contributed by atoms with E-state index >= 15 is 0 Å². The van der Waals surface area contributed by atoms with Crippen LogP contribution in [0.1, 0.15) is 17.3 Å². The number of hydrogen-bond acceptors (Lipinski definition) is 6. The number of carbonyl (C=O) groups is 3. The Morgan fingerprint density at radius 1 is 1.17 bits per heavy atom. The highest BCUT2D eigenvalue weighted by molar-refractivity contribution is 6.00. The van der Waals surface area contributed by atoms with Gasteiger partial charge in [-0.3, -0.25) is 19.2 Å². The number of aromatic nitrogens is 3. The summed E-state index contributed by atoms with van der Waals surface area (Å²) in [6.07, 6.45) is 0. The van der Waals surface area contributed by atoms with Crippen LogP contribution in [0.5, 0.6) is 5.75 Å². The van der Waals surface area contributed by atoms with E-state index in [1.807, 2.05) is 0 Å². The minimum atomic E-state index is -1.29. The van der Waals surface area contributed by atoms with Gasteiger partial charge in [0, 0.05) is 25.2 Å². The second kappa shape index (κ2) is 7.46. The zero-order valence-electron chi connectivity index (χ0n) is 15.5. The fraction of sp³-hybridized carbons (Fsp3) is 0.167. The van der Waals surface area contributed by atoms with Gasteiger partial charge in [0.25, 0.3) is 11.5 Å². The molecular weight excluding hydrogens is 382 g/mol. The van der Waals surface area contributed by atoms with Crippen molar-refractivity contribution in [2.75, 3.05) is 11.9 Å². The summed E-state index contributed by atoms with van der Waals surface area (Å²) in [5.74, 6) is -3.11. The van der Waals surface area contributed by atoms with Crippen LogP contribution < -0.4 is 16.2 Å². The number of hydrogen-bond donors (Lipinski definition) is 4. The topological polar surface area (TPSA) is 155 Å². The molecular formula is C18H17N5O6. The van der Waals surface area contributed by atoms with Crippen LogP contribution >= 0.6 is 0 Å². The lowest BCUT2D eigenvalue weighted by molar-refractivity contribution is -0.135. The van der Waals surface area contributed by atoms with E-state index in [1.54, 1.807) is 24.3 Å². The van der Waals surface area contributed by atoms with E-state index in [-0.39, 0.29) is 11.4 Å². The largest absolute Gasteiger partial charge is 0.505 e. The fourth-order valence-corrected chi connectivity index (χ4v) is 2.76. The Morgan fingerprint density at radius 3 is 2.41 bits per heavy atom. The predicted octanol–water partition coefficient (Wildman–Crippen LogP) is 0.178. The summed E-state index contributed by atoms with van der Waals surface area (Å²) < 4.78 is 2.17. The second-order valence-corrected chi connectivity index (χ2v) is 6.19. The summed E-state index contributed by atoms with van der Waals surface area (Å²) in [6, 6.07) is 8.22. The lowest BCUT2D eigenvalue weighted by atomic mass is 10.1. The Kier molecular flexibility index (Phi) is 5.05. The molecule has 4 N–H and O–H groups in total. The van der Waals surface area contributed by atoms with E-state index in [1.165, 1.54) is 20.0 Å². The average molecular weight is 399 g/mol. The number of carboxylic acid groups (broad SMARTS) is 1. The highest BCUT2D eigenvalue weighted by Crippen LogP contribution is 2.27. The molecule has 0 aliphatic carbocycles. The van der Waals surface area contributed by atoms with E-state index < -0.39 is 35.3 Å². The smallest absolute Gasteiger partial charge is 0.322 e. The summed E-state index contributed by atoms with van der Waals surface area (Å²) in [4.78, 5) is 46.4. The summed E-state index contributed by atoms with van der Waals surface area (Å²) in [7, 11) is 1.36. The molecule has 0 saturated carbocycles. The first-order valence-electron chi connectivity index (χ1n) is 8.39. The monoisotopic (exact) mass is 399 g/mol. The van der Waals surface area contributed by atoms with Crippen LogP contribution in [-0.4, -0.2) is 49.0 Å². The maximum Gasteiger partial charge on any atom is 0.322 e. The third-order valence-corrected chi connectivity index (χ3v) is 4.09. The number of aromatic hydroxyl groups is 1. The second-order valence-electron chi connectivity index (χ2n) is 6.19. The molecule has 0 saturated heterocycles. The minimum Gasteiger partial charge on any atom is -0.505 e. The molecule has 0 fully saturated rings. The zero-order valence-corrected chi connectivity index (χ0v) is 15.5. The number of benzene rings is 1. The molecule has 0 atom stereocenters. The minimum absolute atomic E-state index is 0.0912. The van der Waals surface area contributed by atoms with E-state index in [0.717, 1.165) is 9.31 Å². The maximum atomic E-state index is 12.5. The first kappa shape index (κ1) is 19.6. The van der Waals surface area contributed by atoms with E-state index in [0.29, 0.717) is 16.9 Å². The standard InChI is InChI=1S/C18H17N5O6/c1-9(24)20-11-5-3-10(4-6-11)12-7-13-16(27)15(17(28)19-8-14(25)26)18(29)22(2)23(13)21-12/h3-7,27H,8H2,1-2H3,(H,19,28)(H,20,24)(H,25,26). The molecule has 0 aliphatic rings. The van der Waals surface area contributed by atoms with Gasteiger partial charge in [0.1, 0.15) is 12.1 Å². The molecule has 3 rings (SSSR count). The number of carbonyl (C=O) groups excluding carboxylic acids is 2. The highest BCUT2D eigenvalue weighted by atomic mass is 16.4. The summed E-state index contributed by atoms with van der Waals surface area (Å²) >= 11 is 0. The van der Waals surface area contributed by atoms with Gasteiger partial charge in [-0.05, 0) is 18.2 Å². The lowest BCUT2D eigenvalue weighted by Crippen LogP contribution is -2.36. The third kappa shape index (κ3) is 3.78. The summed E-state index contributed by atoms with van der Waals surface area (Å²) in [5, 5.41) is 28.1. The van der Waals surface area contributed by atoms with Crippen molar-refractivity contribution in [3.63, 3.8) is 0 Å². The number of amides is 2. The van der Waals surface area contributed by atoms with Gasteiger partial charge in [0.2, 0.25) is 5.91 Å². The van der Waals surface area contributed by atoms with Crippen molar-refractivity contribution in [1.29, 1.82) is 0 Å². The van der Waals surface area contributed by atoms with Gasteiger partial charge >= 0.3 is 5.97 Å². The van der Waals surface area contributed by atoms with E-state index in [9.17, 15) is 24.3 Å². The molecule has 0 aliphatic heterocycles. The molecule has 0 unspecified atom stereocenters. The van der Waals surface area contributed by atoms with Crippen molar-refractivity contribution in [3.05, 3.63) is 46.2 Å². The van der Waals surface area contributed by atoms with Crippen molar-refractivity contribution in [2.45, 2.75) is 6.92 Å². The van der Waals surface area contributed by atoms with Crippen molar-refractivity contribution in [3.8, 4) is 17.0 Å². The van der Waals surface area contributed by atoms with Crippen LogP contribution in [0.4, 0.5) is 5.69 Å². The molecule has 2 aromatic heterocycles. The number of nitrogens with zero attached hydrogens (tertiary/aromatic N) is 3. The number of rotatable bonds is 5. The normalized spacial score (nSPS) is 10.7. The van der Waals surface area contributed by atoms with Crippen LogP contribution in [0.3, 0.4) is 0 Å². The fourth-order valence-electron chi connectivity index (χ4n) is 2.76. The van der Waals surface area contributed by atoms with Crippen LogP contribution in [0.15, 0.2) is 35.1 Å². The summed E-state index contributed by atoms with van der Waals surface area (Å²) in [5.41, 5.74) is 0.327. The Bertz CT molecular complexity index is 1190. The van der Waals surface area contributed by atoms with Gasteiger partial charge < -0.3 is 20.8 Å². The van der Waals surface area contributed by atoms with Crippen molar-refractivity contribution in [1.82, 2.24) is 19.7 Å². The van der Waals surface area contributed by atoms with Gasteiger partial charge in [-0.25, -0.2) is 4.68 Å². The number of nitrogens with one attached hydrogen (secondary N) is 2. The molecule has 0 radical (unpaired) electrons. The van der Waals surface area contributed by atoms with Crippen molar-refractivity contribution < 1.29 is 24.6 Å². The zero-order chi connectivity index (χ0) is 21.3. The maximum absolute atomic E-state index is 12.5. The van der Waals surface area contributed by atoms with Crippen molar-refractivity contribution >= 4 is 29.0 Å². The summed E-state index contributed by atoms with van der Waals surface area (Å²) in [6.45, 7) is 0.696. The van der Waals surface area contributed by atoms with Crippen LogP contribution in [0.2, 0.25) is 0 Å². The quantitative estimate of drug-likeness (QED) is 0.477. The SMILES string of the molecule is CC(=O)Nc1ccc(-c2cc3c(O)c(C(=O)NCC(=O)O)c(=O)n(C)n3n2)cc1. The Balaban J connectivity index is 2.06. The molecule has 11 heteroatoms. The molecule has 29 heavy (non-hydrogen) atoms. The van der Waals surface area contributed by atoms with Gasteiger partial charge in [-0.15, -0.1) is 0 Å². The van der Waals surface area contributed by atoms with Gasteiger partial charge in [-0.2, -0.15) is 9.73 Å². The molecule has 150 valence electrons. The highest BCUT2D eigenvalue weighted by Gasteiger charge is 2.23. The molecule has 11 nitrogen and oxygen atoms in total. The first-order valence-corrected chi connectivity index (χ1v) is 8.39. The molecule has 1 aromatic carbocycles. The van der Waals surface area contributed by atoms with Gasteiger partial charge in [0.15, 0.2) is 11.3 Å². The van der Waals surface area contributed by atoms with E-state index in [4.69, 9.17) is 5.11 Å². The van der Waals surface area contributed by atoms with Crippen LogP contribution in [0, 0.1) is 0 Å². The molecule has 3 aromatic rings.